The Bertz CT molecular complexity index is 993. The molecule has 1 atom stereocenters. The molecule has 0 amide bonds. The first-order valence-corrected chi connectivity index (χ1v) is 11.5. The molecule has 0 saturated carbocycles. The number of hydrogen-bond acceptors (Lipinski definition) is 1. The molecule has 1 saturated heterocycles. The highest BCUT2D eigenvalue weighted by molar-refractivity contribution is 5.64. The zero-order valence-electron chi connectivity index (χ0n) is 18.2. The van der Waals surface area contributed by atoms with Crippen LogP contribution in [-0.2, 0) is 5.60 Å². The fourth-order valence-corrected chi connectivity index (χ4v) is 4.44. The van der Waals surface area contributed by atoms with E-state index in [0.717, 1.165) is 23.2 Å². The summed E-state index contributed by atoms with van der Waals surface area (Å²) in [7, 11) is 0. The van der Waals surface area contributed by atoms with Gasteiger partial charge in [0.2, 0.25) is 0 Å². The molecule has 1 aliphatic heterocycles. The van der Waals surface area contributed by atoms with Crippen LogP contribution in [-0.4, -0.2) is 24.7 Å². The molecule has 1 heterocycles. The average Bonchev–Trinajstić information content (AvgIpc) is 3.12. The van der Waals surface area contributed by atoms with E-state index in [1.165, 1.54) is 44.3 Å². The van der Waals surface area contributed by atoms with Crippen LogP contribution in [0.3, 0.4) is 0 Å². The molecule has 31 heavy (non-hydrogen) atoms. The highest BCUT2D eigenvalue weighted by atomic mass is 16.3. The molecular formula is C29H32NO+. The fraction of sp³-hybridized carbons (Fsp3) is 0.310. The van der Waals surface area contributed by atoms with E-state index in [1.54, 1.807) is 4.90 Å². The van der Waals surface area contributed by atoms with E-state index in [-0.39, 0.29) is 0 Å². The minimum absolute atomic E-state index is 0.398. The van der Waals surface area contributed by atoms with Crippen molar-refractivity contribution in [2.75, 3.05) is 19.6 Å². The maximum Gasteiger partial charge on any atom is 0.139 e. The molecular weight excluding hydrogens is 378 g/mol. The highest BCUT2D eigenvalue weighted by Crippen LogP contribution is 2.34. The summed E-state index contributed by atoms with van der Waals surface area (Å²) in [5, 5.41) is 11.8. The zero-order valence-corrected chi connectivity index (χ0v) is 18.2. The summed E-state index contributed by atoms with van der Waals surface area (Å²) in [5.41, 5.74) is 2.99. The lowest BCUT2D eigenvalue weighted by atomic mass is 9.83. The second kappa shape index (κ2) is 10.4. The average molecular weight is 411 g/mol. The predicted octanol–water partition coefficient (Wildman–Crippen LogP) is 4.44. The molecule has 3 aromatic rings. The van der Waals surface area contributed by atoms with E-state index in [9.17, 15) is 5.11 Å². The van der Waals surface area contributed by atoms with Gasteiger partial charge in [-0.3, -0.25) is 0 Å². The summed E-state index contributed by atoms with van der Waals surface area (Å²) in [6, 6.07) is 28.5. The Morgan fingerprint density at radius 3 is 1.84 bits per heavy atom. The number of likely N-dealkylation sites (tertiary alicyclic amines) is 1. The van der Waals surface area contributed by atoms with Gasteiger partial charge in [0.15, 0.2) is 0 Å². The minimum Gasteiger partial charge on any atom is -0.379 e. The van der Waals surface area contributed by atoms with Gasteiger partial charge in [-0.1, -0.05) is 90.8 Å². The molecule has 1 unspecified atom stereocenters. The topological polar surface area (TPSA) is 24.7 Å². The van der Waals surface area contributed by atoms with Gasteiger partial charge in [-0.05, 0) is 53.9 Å². The highest BCUT2D eigenvalue weighted by Gasteiger charge is 2.30. The molecule has 0 bridgehead atoms. The largest absolute Gasteiger partial charge is 0.379 e. The first kappa shape index (κ1) is 21.4. The minimum atomic E-state index is -1.11. The van der Waals surface area contributed by atoms with Crippen molar-refractivity contribution in [3.05, 3.63) is 96.1 Å². The summed E-state index contributed by atoms with van der Waals surface area (Å²) < 4.78 is 0. The van der Waals surface area contributed by atoms with E-state index >= 15 is 0 Å². The third kappa shape index (κ3) is 5.44. The first-order valence-electron chi connectivity index (χ1n) is 11.5. The van der Waals surface area contributed by atoms with Crippen LogP contribution >= 0.6 is 0 Å². The number of aliphatic hydroxyl groups is 1. The van der Waals surface area contributed by atoms with Gasteiger partial charge in [-0.2, -0.15) is 0 Å². The Morgan fingerprint density at radius 2 is 1.19 bits per heavy atom. The number of rotatable bonds is 5. The SMILES string of the molecule is OC(CC#CC[NH+]1CCCCCC1)(c1ccccc1)c1ccc(-c2ccccc2)cc1. The molecule has 3 aromatic carbocycles. The molecule has 158 valence electrons. The lowest BCUT2D eigenvalue weighted by Crippen LogP contribution is -3.11. The summed E-state index contributed by atoms with van der Waals surface area (Å²) in [5.74, 6) is 6.68. The molecule has 1 aliphatic rings. The van der Waals surface area contributed by atoms with Crippen molar-refractivity contribution < 1.29 is 10.0 Å². The normalized spacial score (nSPS) is 16.5. The van der Waals surface area contributed by atoms with Gasteiger partial charge in [0, 0.05) is 6.42 Å². The Balaban J connectivity index is 1.55. The van der Waals surface area contributed by atoms with Crippen LogP contribution in [0.1, 0.15) is 43.2 Å². The number of benzene rings is 3. The fourth-order valence-electron chi connectivity index (χ4n) is 4.44. The predicted molar refractivity (Wildman–Crippen MR) is 128 cm³/mol. The van der Waals surface area contributed by atoms with Crippen molar-refractivity contribution in [2.24, 2.45) is 0 Å². The summed E-state index contributed by atoms with van der Waals surface area (Å²) in [4.78, 5) is 1.58. The molecule has 0 spiro atoms. The molecule has 1 fully saturated rings. The standard InChI is InChI=1S/C29H31NO/c31-29(27-15-7-4-8-16-27,21-9-12-24-30-22-10-1-2-11-23-30)28-19-17-26(18-20-28)25-13-5-3-6-14-25/h3-8,13-20,31H,1-2,10-11,21-24H2/p+1. The van der Waals surface area contributed by atoms with Crippen molar-refractivity contribution in [2.45, 2.75) is 37.7 Å². The van der Waals surface area contributed by atoms with Gasteiger partial charge in [0.25, 0.3) is 0 Å². The summed E-state index contributed by atoms with van der Waals surface area (Å²) in [6.07, 6.45) is 5.71. The van der Waals surface area contributed by atoms with Crippen LogP contribution in [0.2, 0.25) is 0 Å². The lowest BCUT2D eigenvalue weighted by molar-refractivity contribution is -0.891. The summed E-state index contributed by atoms with van der Waals surface area (Å²) in [6.45, 7) is 3.31. The third-order valence-electron chi connectivity index (χ3n) is 6.34. The second-order valence-corrected chi connectivity index (χ2v) is 8.54. The van der Waals surface area contributed by atoms with Gasteiger partial charge < -0.3 is 10.0 Å². The Kier molecular flexibility index (Phi) is 7.20. The van der Waals surface area contributed by atoms with E-state index < -0.39 is 5.60 Å². The summed E-state index contributed by atoms with van der Waals surface area (Å²) >= 11 is 0. The quantitative estimate of drug-likeness (QED) is 0.597. The van der Waals surface area contributed by atoms with E-state index in [2.05, 4.69) is 36.1 Å². The molecule has 0 radical (unpaired) electrons. The Labute approximate surface area is 186 Å². The van der Waals surface area contributed by atoms with Crippen LogP contribution in [0, 0.1) is 11.8 Å². The molecule has 2 nitrogen and oxygen atoms in total. The van der Waals surface area contributed by atoms with E-state index in [4.69, 9.17) is 0 Å². The van der Waals surface area contributed by atoms with E-state index in [1.807, 2.05) is 60.7 Å². The molecule has 4 rings (SSSR count). The Morgan fingerprint density at radius 1 is 0.645 bits per heavy atom. The maximum atomic E-state index is 11.8. The van der Waals surface area contributed by atoms with Crippen molar-refractivity contribution in [1.29, 1.82) is 0 Å². The Hall–Kier alpha value is -2.86. The van der Waals surface area contributed by atoms with Crippen LogP contribution in [0.25, 0.3) is 11.1 Å². The molecule has 2 heteroatoms. The van der Waals surface area contributed by atoms with Crippen molar-refractivity contribution in [1.82, 2.24) is 0 Å². The van der Waals surface area contributed by atoms with Crippen LogP contribution in [0.5, 0.6) is 0 Å². The van der Waals surface area contributed by atoms with Gasteiger partial charge >= 0.3 is 0 Å². The molecule has 0 aromatic heterocycles. The van der Waals surface area contributed by atoms with Crippen molar-refractivity contribution >= 4 is 0 Å². The number of quaternary nitrogens is 1. The third-order valence-corrected chi connectivity index (χ3v) is 6.34. The molecule has 2 N–H and O–H groups in total. The van der Waals surface area contributed by atoms with Crippen molar-refractivity contribution in [3.8, 4) is 23.0 Å². The van der Waals surface area contributed by atoms with Crippen molar-refractivity contribution in [3.63, 3.8) is 0 Å². The first-order chi connectivity index (χ1) is 15.3. The number of hydrogen-bond donors (Lipinski definition) is 2. The van der Waals surface area contributed by atoms with Gasteiger partial charge in [-0.15, -0.1) is 0 Å². The van der Waals surface area contributed by atoms with E-state index in [0.29, 0.717) is 6.42 Å². The maximum absolute atomic E-state index is 11.8. The molecule has 0 aliphatic carbocycles. The lowest BCUT2D eigenvalue weighted by Gasteiger charge is -2.27. The van der Waals surface area contributed by atoms with Gasteiger partial charge in [0.1, 0.15) is 12.1 Å². The van der Waals surface area contributed by atoms with Crippen LogP contribution in [0.15, 0.2) is 84.9 Å². The smallest absolute Gasteiger partial charge is 0.139 e. The van der Waals surface area contributed by atoms with Crippen LogP contribution in [0.4, 0.5) is 0 Å². The monoisotopic (exact) mass is 410 g/mol. The second-order valence-electron chi connectivity index (χ2n) is 8.54. The zero-order chi connectivity index (χ0) is 21.4. The van der Waals surface area contributed by atoms with Crippen LogP contribution < -0.4 is 4.90 Å². The number of nitrogens with one attached hydrogen (secondary N) is 1. The van der Waals surface area contributed by atoms with Gasteiger partial charge in [-0.25, -0.2) is 0 Å². The van der Waals surface area contributed by atoms with Gasteiger partial charge in [0.05, 0.1) is 13.1 Å².